The molecule has 4 rings (SSSR count). The number of fused-ring (bicyclic) bond motifs is 3. The molecule has 1 aliphatic rings. The van der Waals surface area contributed by atoms with E-state index in [0.29, 0.717) is 28.8 Å². The fraction of sp³-hybridized carbons (Fsp3) is 0.250. The smallest absolute Gasteiger partial charge is 0.387 e. The van der Waals surface area contributed by atoms with E-state index in [9.17, 15) is 8.78 Å². The lowest BCUT2D eigenvalue weighted by atomic mass is 10.0. The minimum atomic E-state index is -2.89. The van der Waals surface area contributed by atoms with Crippen LogP contribution in [-0.2, 0) is 11.2 Å². The van der Waals surface area contributed by atoms with Crippen molar-refractivity contribution >= 4 is 21.6 Å². The number of hydrogen-bond acceptors (Lipinski definition) is 4. The first kappa shape index (κ1) is 15.5. The van der Waals surface area contributed by atoms with Crippen LogP contribution in [0.5, 0.6) is 5.75 Å². The minimum absolute atomic E-state index is 0.105. The van der Waals surface area contributed by atoms with Crippen molar-refractivity contribution in [2.24, 2.45) is 0 Å². The third-order valence-electron chi connectivity index (χ3n) is 3.88. The lowest BCUT2D eigenvalue weighted by Gasteiger charge is -2.25. The summed E-state index contributed by atoms with van der Waals surface area (Å²) >= 11 is 3.34. The summed E-state index contributed by atoms with van der Waals surface area (Å²) in [6.45, 7) is -2.44. The summed E-state index contributed by atoms with van der Waals surface area (Å²) in [5.41, 5.74) is 2.92. The number of alkyl halides is 2. The molecule has 1 aliphatic heterocycles. The zero-order chi connectivity index (χ0) is 16.7. The summed E-state index contributed by atoms with van der Waals surface area (Å²) in [5, 5.41) is 0. The molecule has 0 unspecified atom stereocenters. The van der Waals surface area contributed by atoms with Crippen LogP contribution in [0, 0.1) is 0 Å². The average Bonchev–Trinajstić information content (AvgIpc) is 2.93. The van der Waals surface area contributed by atoms with Gasteiger partial charge in [-0.3, -0.25) is 4.40 Å². The second-order valence-electron chi connectivity index (χ2n) is 5.30. The molecular weight excluding hydrogens is 384 g/mol. The van der Waals surface area contributed by atoms with E-state index in [2.05, 4.69) is 30.6 Å². The highest BCUT2D eigenvalue weighted by atomic mass is 79.9. The van der Waals surface area contributed by atoms with Gasteiger partial charge in [-0.25, -0.2) is 9.97 Å². The molecule has 0 spiro atoms. The van der Waals surface area contributed by atoms with Crippen LogP contribution in [0.3, 0.4) is 0 Å². The molecule has 124 valence electrons. The number of ether oxygens (including phenoxy) is 2. The summed E-state index contributed by atoms with van der Waals surface area (Å²) in [4.78, 5) is 8.75. The van der Waals surface area contributed by atoms with Crippen LogP contribution < -0.4 is 4.74 Å². The Morgan fingerprint density at radius 2 is 2.17 bits per heavy atom. The van der Waals surface area contributed by atoms with E-state index in [1.54, 1.807) is 30.6 Å². The maximum absolute atomic E-state index is 12.7. The molecule has 2 aromatic heterocycles. The molecule has 0 N–H and O–H groups in total. The van der Waals surface area contributed by atoms with Gasteiger partial charge in [0, 0.05) is 18.2 Å². The van der Waals surface area contributed by atoms with Crippen molar-refractivity contribution in [2.45, 2.75) is 19.1 Å². The maximum atomic E-state index is 12.7. The summed E-state index contributed by atoms with van der Waals surface area (Å²) in [7, 11) is 0. The molecule has 0 bridgehead atoms. The number of para-hydroxylation sites is 1. The number of benzene rings is 1. The highest BCUT2D eigenvalue weighted by Crippen LogP contribution is 2.38. The van der Waals surface area contributed by atoms with Gasteiger partial charge in [0.25, 0.3) is 0 Å². The van der Waals surface area contributed by atoms with Crippen LogP contribution in [0.4, 0.5) is 8.78 Å². The molecule has 0 saturated heterocycles. The van der Waals surface area contributed by atoms with Crippen LogP contribution in [-0.4, -0.2) is 27.6 Å². The van der Waals surface area contributed by atoms with Crippen molar-refractivity contribution < 1.29 is 18.3 Å². The molecule has 1 aromatic carbocycles. The molecule has 3 heterocycles. The zero-order valence-corrected chi connectivity index (χ0v) is 13.9. The summed E-state index contributed by atoms with van der Waals surface area (Å²) in [6.07, 6.45) is 3.57. The molecule has 8 heteroatoms. The molecule has 0 fully saturated rings. The molecule has 0 radical (unpaired) electrons. The van der Waals surface area contributed by atoms with E-state index in [1.165, 1.54) is 6.07 Å². The lowest BCUT2D eigenvalue weighted by Crippen LogP contribution is -2.20. The molecule has 1 atom stereocenters. The van der Waals surface area contributed by atoms with Gasteiger partial charge >= 0.3 is 6.61 Å². The highest BCUT2D eigenvalue weighted by molar-refractivity contribution is 9.10. The summed E-state index contributed by atoms with van der Waals surface area (Å²) < 4.78 is 38.5. The molecule has 24 heavy (non-hydrogen) atoms. The fourth-order valence-electron chi connectivity index (χ4n) is 2.95. The van der Waals surface area contributed by atoms with Gasteiger partial charge in [0.2, 0.25) is 0 Å². The Kier molecular flexibility index (Phi) is 3.93. The second-order valence-corrected chi connectivity index (χ2v) is 6.11. The van der Waals surface area contributed by atoms with Gasteiger partial charge in [0.15, 0.2) is 5.65 Å². The quantitative estimate of drug-likeness (QED) is 0.677. The second kappa shape index (κ2) is 6.10. The van der Waals surface area contributed by atoms with Crippen LogP contribution in [0.15, 0.2) is 41.3 Å². The lowest BCUT2D eigenvalue weighted by molar-refractivity contribution is -0.0522. The van der Waals surface area contributed by atoms with Crippen molar-refractivity contribution in [1.82, 2.24) is 14.4 Å². The SMILES string of the molecule is FC(F)Oc1ccccc1[C@@H]1OCCc2nc3cnc(Br)cn3c21. The Morgan fingerprint density at radius 3 is 3.00 bits per heavy atom. The van der Waals surface area contributed by atoms with E-state index in [-0.39, 0.29) is 5.75 Å². The largest absolute Gasteiger partial charge is 0.434 e. The topological polar surface area (TPSA) is 48.7 Å². The molecular formula is C16H12BrF2N3O2. The minimum Gasteiger partial charge on any atom is -0.434 e. The predicted molar refractivity (Wildman–Crippen MR) is 85.3 cm³/mol. The van der Waals surface area contributed by atoms with Gasteiger partial charge in [-0.05, 0) is 22.0 Å². The van der Waals surface area contributed by atoms with E-state index >= 15 is 0 Å². The van der Waals surface area contributed by atoms with E-state index in [1.807, 2.05) is 4.40 Å². The Hall–Kier alpha value is -2.06. The standard InChI is InChI=1S/C16H12BrF2N3O2/c17-12-8-22-13(7-20-12)21-10-5-6-23-15(14(10)22)9-3-1-2-4-11(9)24-16(18)19/h1-4,7-8,15-16H,5-6H2/t15-/m0/s1. The van der Waals surface area contributed by atoms with Crippen molar-refractivity contribution in [3.63, 3.8) is 0 Å². The van der Waals surface area contributed by atoms with Gasteiger partial charge in [-0.15, -0.1) is 0 Å². The molecule has 0 saturated carbocycles. The Bertz CT molecular complexity index is 900. The third-order valence-corrected chi connectivity index (χ3v) is 4.29. The Morgan fingerprint density at radius 1 is 1.33 bits per heavy atom. The van der Waals surface area contributed by atoms with E-state index < -0.39 is 12.7 Å². The number of aromatic nitrogens is 3. The van der Waals surface area contributed by atoms with Crippen LogP contribution in [0.25, 0.3) is 5.65 Å². The molecule has 0 aliphatic carbocycles. The van der Waals surface area contributed by atoms with Crippen molar-refractivity contribution in [2.75, 3.05) is 6.61 Å². The highest BCUT2D eigenvalue weighted by Gasteiger charge is 2.30. The van der Waals surface area contributed by atoms with Gasteiger partial charge in [-0.2, -0.15) is 8.78 Å². The van der Waals surface area contributed by atoms with Crippen LogP contribution in [0.1, 0.15) is 23.1 Å². The Labute approximate surface area is 144 Å². The maximum Gasteiger partial charge on any atom is 0.387 e. The normalized spacial score (nSPS) is 17.2. The van der Waals surface area contributed by atoms with Gasteiger partial charge in [0.05, 0.1) is 24.2 Å². The average molecular weight is 396 g/mol. The first-order chi connectivity index (χ1) is 11.6. The Balaban J connectivity index is 1.88. The van der Waals surface area contributed by atoms with Crippen molar-refractivity contribution in [1.29, 1.82) is 0 Å². The molecule has 3 aromatic rings. The molecule has 5 nitrogen and oxygen atoms in total. The van der Waals surface area contributed by atoms with Crippen molar-refractivity contribution in [3.05, 3.63) is 58.2 Å². The zero-order valence-electron chi connectivity index (χ0n) is 12.3. The third kappa shape index (κ3) is 2.65. The van der Waals surface area contributed by atoms with E-state index in [0.717, 1.165) is 11.4 Å². The number of rotatable bonds is 3. The monoisotopic (exact) mass is 395 g/mol. The van der Waals surface area contributed by atoms with E-state index in [4.69, 9.17) is 4.74 Å². The van der Waals surface area contributed by atoms with Gasteiger partial charge < -0.3 is 9.47 Å². The fourth-order valence-corrected chi connectivity index (χ4v) is 3.26. The van der Waals surface area contributed by atoms with Crippen molar-refractivity contribution in [3.8, 4) is 5.75 Å². The summed E-state index contributed by atoms with van der Waals surface area (Å²) in [6, 6.07) is 6.67. The molecule has 0 amide bonds. The van der Waals surface area contributed by atoms with Gasteiger partial charge in [-0.1, -0.05) is 18.2 Å². The summed E-state index contributed by atoms with van der Waals surface area (Å²) in [5.74, 6) is 0.105. The van der Waals surface area contributed by atoms with Crippen LogP contribution >= 0.6 is 15.9 Å². The number of imidazole rings is 1. The number of nitrogens with zero attached hydrogens (tertiary/aromatic N) is 3. The number of hydrogen-bond donors (Lipinski definition) is 0. The first-order valence-corrected chi connectivity index (χ1v) is 8.10. The van der Waals surface area contributed by atoms with Gasteiger partial charge in [0.1, 0.15) is 16.5 Å². The predicted octanol–water partition coefficient (Wildman–Crippen LogP) is 3.76. The van der Waals surface area contributed by atoms with Crippen LogP contribution in [0.2, 0.25) is 0 Å². The number of halogens is 3. The first-order valence-electron chi connectivity index (χ1n) is 7.31.